The number of benzene rings is 1. The number of aromatic nitrogens is 1. The van der Waals surface area contributed by atoms with E-state index in [-0.39, 0.29) is 6.61 Å². The van der Waals surface area contributed by atoms with E-state index in [1.807, 2.05) is 30.5 Å². The molecule has 1 aromatic heterocycles. The minimum absolute atomic E-state index is 0.273. The topological polar surface area (TPSA) is 45.1 Å². The van der Waals surface area contributed by atoms with Gasteiger partial charge in [0.2, 0.25) is 0 Å². The molecule has 2 N–H and O–H groups in total. The summed E-state index contributed by atoms with van der Waals surface area (Å²) in [5.74, 6) is 0.565. The number of pyridine rings is 1. The normalized spacial score (nSPS) is 22.3. The Labute approximate surface area is 124 Å². The van der Waals surface area contributed by atoms with Crippen molar-refractivity contribution in [1.29, 1.82) is 0 Å². The molecule has 0 spiro atoms. The molecule has 3 rings (SSSR count). The van der Waals surface area contributed by atoms with Crippen molar-refractivity contribution in [2.45, 2.75) is 31.7 Å². The molecule has 0 aliphatic heterocycles. The van der Waals surface area contributed by atoms with E-state index in [2.05, 4.69) is 10.3 Å². The van der Waals surface area contributed by atoms with Crippen molar-refractivity contribution in [3.8, 4) is 0 Å². The molecule has 106 valence electrons. The average Bonchev–Trinajstić information content (AvgIpc) is 2.86. The summed E-state index contributed by atoms with van der Waals surface area (Å²) in [4.78, 5) is 4.37. The largest absolute Gasteiger partial charge is 0.396 e. The maximum atomic E-state index is 9.16. The van der Waals surface area contributed by atoms with Gasteiger partial charge in [0.05, 0.1) is 5.52 Å². The summed E-state index contributed by atoms with van der Waals surface area (Å²) < 4.78 is 0. The van der Waals surface area contributed by atoms with E-state index in [4.69, 9.17) is 16.7 Å². The summed E-state index contributed by atoms with van der Waals surface area (Å²) in [6.07, 6.45) is 6.30. The van der Waals surface area contributed by atoms with E-state index in [1.165, 1.54) is 19.3 Å². The minimum atomic E-state index is 0.273. The second-order valence-corrected chi connectivity index (χ2v) is 5.91. The lowest BCUT2D eigenvalue weighted by molar-refractivity contribution is 0.254. The molecule has 2 unspecified atom stereocenters. The smallest absolute Gasteiger partial charge is 0.0737 e. The number of hydrogen-bond donors (Lipinski definition) is 2. The van der Waals surface area contributed by atoms with Gasteiger partial charge in [0.25, 0.3) is 0 Å². The van der Waals surface area contributed by atoms with Crippen molar-refractivity contribution >= 4 is 28.2 Å². The molecule has 1 aliphatic rings. The molecule has 0 radical (unpaired) electrons. The van der Waals surface area contributed by atoms with Gasteiger partial charge in [-0.2, -0.15) is 0 Å². The number of aliphatic hydroxyl groups is 1. The van der Waals surface area contributed by atoms with Crippen LogP contribution in [0.25, 0.3) is 10.9 Å². The number of rotatable bonds is 4. The van der Waals surface area contributed by atoms with Gasteiger partial charge in [-0.1, -0.05) is 18.0 Å². The zero-order valence-electron chi connectivity index (χ0n) is 11.3. The van der Waals surface area contributed by atoms with Crippen molar-refractivity contribution in [3.05, 3.63) is 35.5 Å². The van der Waals surface area contributed by atoms with Gasteiger partial charge in [-0.15, -0.1) is 0 Å². The van der Waals surface area contributed by atoms with Crippen LogP contribution in [0.4, 0.5) is 5.69 Å². The first-order valence-corrected chi connectivity index (χ1v) is 7.57. The van der Waals surface area contributed by atoms with Gasteiger partial charge >= 0.3 is 0 Å². The first-order chi connectivity index (χ1) is 9.78. The van der Waals surface area contributed by atoms with Crippen LogP contribution in [0.5, 0.6) is 0 Å². The van der Waals surface area contributed by atoms with Gasteiger partial charge in [0.1, 0.15) is 0 Å². The van der Waals surface area contributed by atoms with E-state index in [0.717, 1.165) is 23.0 Å². The van der Waals surface area contributed by atoms with Crippen LogP contribution in [0.15, 0.2) is 30.5 Å². The van der Waals surface area contributed by atoms with Crippen LogP contribution in [0, 0.1) is 5.92 Å². The molecule has 0 amide bonds. The standard InChI is InChI=1S/C16H19ClN2O/c17-12-4-5-13-15(6-8-18-16(13)10-12)19-14-3-1-2-11(14)7-9-20/h4-6,8,10-11,14,20H,1-3,7,9H2,(H,18,19). The van der Waals surface area contributed by atoms with Gasteiger partial charge in [0, 0.05) is 34.9 Å². The molecule has 2 atom stereocenters. The monoisotopic (exact) mass is 290 g/mol. The Hall–Kier alpha value is -1.32. The predicted octanol–water partition coefficient (Wildman–Crippen LogP) is 3.85. The highest BCUT2D eigenvalue weighted by Gasteiger charge is 2.26. The summed E-state index contributed by atoms with van der Waals surface area (Å²) in [6, 6.07) is 8.27. The fraction of sp³-hybridized carbons (Fsp3) is 0.438. The summed E-state index contributed by atoms with van der Waals surface area (Å²) >= 11 is 6.02. The molecule has 1 aromatic carbocycles. The quantitative estimate of drug-likeness (QED) is 0.899. The molecule has 1 fully saturated rings. The second-order valence-electron chi connectivity index (χ2n) is 5.47. The minimum Gasteiger partial charge on any atom is -0.396 e. The van der Waals surface area contributed by atoms with E-state index >= 15 is 0 Å². The van der Waals surface area contributed by atoms with Crippen LogP contribution in [0.1, 0.15) is 25.7 Å². The van der Waals surface area contributed by atoms with Crippen molar-refractivity contribution in [3.63, 3.8) is 0 Å². The van der Waals surface area contributed by atoms with Crippen molar-refractivity contribution < 1.29 is 5.11 Å². The van der Waals surface area contributed by atoms with Crippen LogP contribution < -0.4 is 5.32 Å². The van der Waals surface area contributed by atoms with Crippen molar-refractivity contribution in [2.75, 3.05) is 11.9 Å². The number of nitrogens with one attached hydrogen (secondary N) is 1. The molecule has 2 aromatic rings. The molecule has 20 heavy (non-hydrogen) atoms. The molecule has 1 heterocycles. The molecular weight excluding hydrogens is 272 g/mol. The van der Waals surface area contributed by atoms with E-state index < -0.39 is 0 Å². The number of halogens is 1. The number of nitrogens with zero attached hydrogens (tertiary/aromatic N) is 1. The predicted molar refractivity (Wildman–Crippen MR) is 83.2 cm³/mol. The summed E-state index contributed by atoms with van der Waals surface area (Å²) in [7, 11) is 0. The first-order valence-electron chi connectivity index (χ1n) is 7.19. The fourth-order valence-corrected chi connectivity index (χ4v) is 3.35. The molecule has 0 saturated heterocycles. The third kappa shape index (κ3) is 2.74. The third-order valence-electron chi connectivity index (χ3n) is 4.20. The van der Waals surface area contributed by atoms with Gasteiger partial charge in [-0.25, -0.2) is 0 Å². The number of fused-ring (bicyclic) bond motifs is 1. The van der Waals surface area contributed by atoms with Gasteiger partial charge in [0.15, 0.2) is 0 Å². The van der Waals surface area contributed by atoms with Crippen LogP contribution in [-0.2, 0) is 0 Å². The van der Waals surface area contributed by atoms with Crippen LogP contribution in [0.3, 0.4) is 0 Å². The lowest BCUT2D eigenvalue weighted by Crippen LogP contribution is -2.24. The van der Waals surface area contributed by atoms with E-state index in [1.54, 1.807) is 0 Å². The highest BCUT2D eigenvalue weighted by atomic mass is 35.5. The second kappa shape index (κ2) is 5.98. The SMILES string of the molecule is OCCC1CCCC1Nc1ccnc2cc(Cl)ccc12. The Bertz CT molecular complexity index is 602. The van der Waals surface area contributed by atoms with Gasteiger partial charge in [-0.3, -0.25) is 4.98 Å². The molecular formula is C16H19ClN2O. The first kappa shape index (κ1) is 13.7. The lowest BCUT2D eigenvalue weighted by Gasteiger charge is -2.22. The van der Waals surface area contributed by atoms with Crippen molar-refractivity contribution in [1.82, 2.24) is 4.98 Å². The van der Waals surface area contributed by atoms with Crippen molar-refractivity contribution in [2.24, 2.45) is 5.92 Å². The van der Waals surface area contributed by atoms with Crippen LogP contribution >= 0.6 is 11.6 Å². The number of anilines is 1. The highest BCUT2D eigenvalue weighted by molar-refractivity contribution is 6.31. The Morgan fingerprint density at radius 3 is 3.05 bits per heavy atom. The molecule has 1 aliphatic carbocycles. The number of hydrogen-bond acceptors (Lipinski definition) is 3. The summed E-state index contributed by atoms with van der Waals surface area (Å²) in [5, 5.41) is 14.6. The fourth-order valence-electron chi connectivity index (χ4n) is 3.19. The lowest BCUT2D eigenvalue weighted by atomic mass is 9.99. The molecule has 1 saturated carbocycles. The Morgan fingerprint density at radius 2 is 2.20 bits per heavy atom. The molecule has 4 heteroatoms. The summed E-state index contributed by atoms with van der Waals surface area (Å²) in [6.45, 7) is 0.273. The zero-order chi connectivity index (χ0) is 13.9. The van der Waals surface area contributed by atoms with Crippen LogP contribution in [0.2, 0.25) is 5.02 Å². The molecule has 0 bridgehead atoms. The Kier molecular flexibility index (Phi) is 4.08. The third-order valence-corrected chi connectivity index (χ3v) is 4.44. The maximum Gasteiger partial charge on any atom is 0.0737 e. The zero-order valence-corrected chi connectivity index (χ0v) is 12.1. The van der Waals surface area contributed by atoms with E-state index in [0.29, 0.717) is 17.0 Å². The Balaban J connectivity index is 1.87. The maximum absolute atomic E-state index is 9.16. The van der Waals surface area contributed by atoms with E-state index in [9.17, 15) is 0 Å². The van der Waals surface area contributed by atoms with Crippen LogP contribution in [-0.4, -0.2) is 22.7 Å². The summed E-state index contributed by atoms with van der Waals surface area (Å²) in [5.41, 5.74) is 2.03. The molecule has 3 nitrogen and oxygen atoms in total. The Morgan fingerprint density at radius 1 is 1.30 bits per heavy atom. The average molecular weight is 291 g/mol. The van der Waals surface area contributed by atoms with Gasteiger partial charge in [-0.05, 0) is 49.4 Å². The number of aliphatic hydroxyl groups excluding tert-OH is 1. The van der Waals surface area contributed by atoms with Gasteiger partial charge < -0.3 is 10.4 Å². The highest BCUT2D eigenvalue weighted by Crippen LogP contribution is 2.33.